The molecule has 0 aromatic carbocycles. The van der Waals surface area contributed by atoms with Crippen LogP contribution in [0.3, 0.4) is 0 Å². The smallest absolute Gasteiger partial charge is 0.250 e. The lowest BCUT2D eigenvalue weighted by atomic mass is 10.3. The summed E-state index contributed by atoms with van der Waals surface area (Å²) in [5.41, 5.74) is 5.45. The summed E-state index contributed by atoms with van der Waals surface area (Å²) in [6, 6.07) is 2.37. The van der Waals surface area contributed by atoms with E-state index in [1.807, 2.05) is 6.92 Å². The van der Waals surface area contributed by atoms with Crippen molar-refractivity contribution < 1.29 is 13.2 Å². The van der Waals surface area contributed by atoms with Gasteiger partial charge in [0.25, 0.3) is 10.0 Å². The van der Waals surface area contributed by atoms with Crippen LogP contribution in [-0.2, 0) is 21.4 Å². The van der Waals surface area contributed by atoms with Crippen molar-refractivity contribution in [2.75, 3.05) is 13.6 Å². The Kier molecular flexibility index (Phi) is 5.48. The molecule has 1 aromatic rings. The summed E-state index contributed by atoms with van der Waals surface area (Å²) in [5.74, 6) is -0.262. The minimum Gasteiger partial charge on any atom is -0.345 e. The quantitative estimate of drug-likeness (QED) is 0.793. The third kappa shape index (κ3) is 4.00. The van der Waals surface area contributed by atoms with Gasteiger partial charge in [-0.05, 0) is 26.0 Å². The van der Waals surface area contributed by atoms with Gasteiger partial charge in [0.15, 0.2) is 0 Å². The molecule has 0 aliphatic rings. The fourth-order valence-electron chi connectivity index (χ4n) is 1.44. The second-order valence-corrected chi connectivity index (χ2v) is 7.23. The highest BCUT2D eigenvalue weighted by atomic mass is 32.2. The van der Waals surface area contributed by atoms with E-state index < -0.39 is 16.1 Å². The Hall–Kier alpha value is -0.960. The van der Waals surface area contributed by atoms with Crippen LogP contribution in [0.1, 0.15) is 18.7 Å². The predicted molar refractivity (Wildman–Crippen MR) is 75.3 cm³/mol. The van der Waals surface area contributed by atoms with Crippen molar-refractivity contribution in [2.24, 2.45) is 5.73 Å². The Balaban J connectivity index is 2.82. The van der Waals surface area contributed by atoms with Crippen molar-refractivity contribution in [3.05, 3.63) is 17.0 Å². The van der Waals surface area contributed by atoms with Crippen LogP contribution in [0.25, 0.3) is 0 Å². The Labute approximate surface area is 117 Å². The van der Waals surface area contributed by atoms with E-state index in [1.54, 1.807) is 13.1 Å². The van der Waals surface area contributed by atoms with E-state index in [2.05, 4.69) is 4.72 Å². The van der Waals surface area contributed by atoms with Crippen LogP contribution in [0.15, 0.2) is 16.3 Å². The lowest BCUT2D eigenvalue weighted by molar-refractivity contribution is -0.131. The highest BCUT2D eigenvalue weighted by molar-refractivity contribution is 7.91. The first-order valence-corrected chi connectivity index (χ1v) is 8.17. The molecule has 1 atom stereocenters. The number of rotatable bonds is 6. The molecule has 0 aliphatic carbocycles. The summed E-state index contributed by atoms with van der Waals surface area (Å²) >= 11 is 1.11. The molecule has 0 bridgehead atoms. The fourth-order valence-corrected chi connectivity index (χ4v) is 3.89. The standard InChI is InChI=1S/C11H19N3O3S2/c1-4-14(3)11(15)8(2)13-19(16,17)10-6-5-9(7-12)18-10/h5-6,8,13H,4,7,12H2,1-3H3. The van der Waals surface area contributed by atoms with Gasteiger partial charge >= 0.3 is 0 Å². The molecule has 19 heavy (non-hydrogen) atoms. The highest BCUT2D eigenvalue weighted by Gasteiger charge is 2.24. The van der Waals surface area contributed by atoms with Gasteiger partial charge in [-0.15, -0.1) is 11.3 Å². The number of sulfonamides is 1. The number of hydrogen-bond donors (Lipinski definition) is 2. The van der Waals surface area contributed by atoms with Gasteiger partial charge in [-0.2, -0.15) is 4.72 Å². The predicted octanol–water partition coefficient (Wildman–Crippen LogP) is 0.352. The fraction of sp³-hybridized carbons (Fsp3) is 0.545. The first-order chi connectivity index (χ1) is 8.81. The topological polar surface area (TPSA) is 92.5 Å². The molecule has 6 nitrogen and oxygen atoms in total. The lowest BCUT2D eigenvalue weighted by Crippen LogP contribution is -2.45. The van der Waals surface area contributed by atoms with Crippen LogP contribution >= 0.6 is 11.3 Å². The van der Waals surface area contributed by atoms with E-state index in [1.165, 1.54) is 17.9 Å². The molecule has 1 aromatic heterocycles. The summed E-state index contributed by atoms with van der Waals surface area (Å²) < 4.78 is 26.7. The van der Waals surface area contributed by atoms with Gasteiger partial charge < -0.3 is 10.6 Å². The monoisotopic (exact) mass is 305 g/mol. The van der Waals surface area contributed by atoms with Gasteiger partial charge in [0, 0.05) is 25.0 Å². The molecule has 108 valence electrons. The molecule has 8 heteroatoms. The van der Waals surface area contributed by atoms with E-state index in [9.17, 15) is 13.2 Å². The molecule has 0 fully saturated rings. The highest BCUT2D eigenvalue weighted by Crippen LogP contribution is 2.21. The maximum Gasteiger partial charge on any atom is 0.250 e. The lowest BCUT2D eigenvalue weighted by Gasteiger charge is -2.20. The van der Waals surface area contributed by atoms with Crippen LogP contribution in [0.4, 0.5) is 0 Å². The van der Waals surface area contributed by atoms with Crippen LogP contribution in [0, 0.1) is 0 Å². The number of amides is 1. The van der Waals surface area contributed by atoms with Crippen molar-refractivity contribution in [1.29, 1.82) is 0 Å². The molecule has 0 saturated heterocycles. The van der Waals surface area contributed by atoms with Crippen molar-refractivity contribution >= 4 is 27.3 Å². The number of hydrogen-bond acceptors (Lipinski definition) is 5. The normalized spacial score (nSPS) is 13.3. The van der Waals surface area contributed by atoms with E-state index in [0.717, 1.165) is 16.2 Å². The summed E-state index contributed by atoms with van der Waals surface area (Å²) in [5, 5.41) is 0. The molecule has 1 unspecified atom stereocenters. The molecule has 1 heterocycles. The van der Waals surface area contributed by atoms with E-state index in [0.29, 0.717) is 13.1 Å². The van der Waals surface area contributed by atoms with E-state index in [-0.39, 0.29) is 10.1 Å². The molecule has 0 spiro atoms. The molecule has 0 saturated carbocycles. The number of likely N-dealkylation sites (N-methyl/N-ethyl adjacent to an activating group) is 1. The summed E-state index contributed by atoms with van der Waals surface area (Å²) in [7, 11) is -2.04. The SMILES string of the molecule is CCN(C)C(=O)C(C)NS(=O)(=O)c1ccc(CN)s1. The zero-order valence-corrected chi connectivity index (χ0v) is 12.8. The molecule has 1 amide bonds. The van der Waals surface area contributed by atoms with Gasteiger partial charge in [0.1, 0.15) is 4.21 Å². The molecule has 0 radical (unpaired) electrons. The zero-order chi connectivity index (χ0) is 14.6. The number of nitrogens with one attached hydrogen (secondary N) is 1. The number of nitrogens with two attached hydrogens (primary N) is 1. The summed E-state index contributed by atoms with van der Waals surface area (Å²) in [6.45, 7) is 4.18. The third-order valence-corrected chi connectivity index (χ3v) is 5.80. The van der Waals surface area contributed by atoms with Crippen molar-refractivity contribution in [3.8, 4) is 0 Å². The molecular weight excluding hydrogens is 286 g/mol. The van der Waals surface area contributed by atoms with Crippen LogP contribution in [0.5, 0.6) is 0 Å². The van der Waals surface area contributed by atoms with Crippen molar-refractivity contribution in [3.63, 3.8) is 0 Å². The number of thiophene rings is 1. The number of carbonyl (C=O) groups excluding carboxylic acids is 1. The summed E-state index contributed by atoms with van der Waals surface area (Å²) in [6.07, 6.45) is 0. The van der Waals surface area contributed by atoms with Gasteiger partial charge in [0.2, 0.25) is 5.91 Å². The molecule has 3 N–H and O–H groups in total. The zero-order valence-electron chi connectivity index (χ0n) is 11.2. The van der Waals surface area contributed by atoms with Crippen LogP contribution < -0.4 is 10.5 Å². The van der Waals surface area contributed by atoms with Gasteiger partial charge in [-0.1, -0.05) is 0 Å². The maximum absolute atomic E-state index is 12.1. The average molecular weight is 305 g/mol. The second kappa shape index (κ2) is 6.47. The Morgan fingerprint density at radius 3 is 2.63 bits per heavy atom. The van der Waals surface area contributed by atoms with Crippen molar-refractivity contribution in [1.82, 2.24) is 9.62 Å². The van der Waals surface area contributed by atoms with E-state index >= 15 is 0 Å². The first-order valence-electron chi connectivity index (χ1n) is 5.88. The maximum atomic E-state index is 12.1. The van der Waals surface area contributed by atoms with Crippen LogP contribution in [0.2, 0.25) is 0 Å². The minimum atomic E-state index is -3.67. The van der Waals surface area contributed by atoms with Crippen molar-refractivity contribution in [2.45, 2.75) is 30.6 Å². The summed E-state index contributed by atoms with van der Waals surface area (Å²) in [4.78, 5) is 14.1. The Bertz CT molecular complexity index is 539. The molecule has 1 rings (SSSR count). The third-order valence-electron chi connectivity index (χ3n) is 2.66. The Morgan fingerprint density at radius 2 is 2.16 bits per heavy atom. The second-order valence-electron chi connectivity index (χ2n) is 4.12. The van der Waals surface area contributed by atoms with Crippen LogP contribution in [-0.4, -0.2) is 38.9 Å². The molecule has 0 aliphatic heterocycles. The van der Waals surface area contributed by atoms with Gasteiger partial charge in [-0.25, -0.2) is 8.42 Å². The average Bonchev–Trinajstić information content (AvgIpc) is 2.85. The largest absolute Gasteiger partial charge is 0.345 e. The van der Waals surface area contributed by atoms with Gasteiger partial charge in [0.05, 0.1) is 6.04 Å². The first kappa shape index (κ1) is 16.1. The minimum absolute atomic E-state index is 0.173. The number of carbonyl (C=O) groups is 1. The number of nitrogens with zero attached hydrogens (tertiary/aromatic N) is 1. The van der Waals surface area contributed by atoms with Gasteiger partial charge in [-0.3, -0.25) is 4.79 Å². The Morgan fingerprint density at radius 1 is 1.53 bits per heavy atom. The van der Waals surface area contributed by atoms with E-state index in [4.69, 9.17) is 5.73 Å². The molecular formula is C11H19N3O3S2.